The molecule has 4 rings (SSSR count). The van der Waals surface area contributed by atoms with E-state index in [1.165, 1.54) is 0 Å². The number of benzene rings is 3. The Kier molecular flexibility index (Phi) is 9.22. The number of carbonyl (C=O) groups excluding carboxylic acids is 1. The third-order valence-corrected chi connectivity index (χ3v) is 6.39. The van der Waals surface area contributed by atoms with Crippen LogP contribution in [0.15, 0.2) is 72.8 Å². The van der Waals surface area contributed by atoms with E-state index < -0.39 is 0 Å². The van der Waals surface area contributed by atoms with Gasteiger partial charge in [-0.05, 0) is 54.4 Å². The maximum Gasteiger partial charge on any atom is 0.239 e. The summed E-state index contributed by atoms with van der Waals surface area (Å²) in [5.41, 5.74) is 5.44. The van der Waals surface area contributed by atoms with E-state index in [1.807, 2.05) is 91.8 Å². The van der Waals surface area contributed by atoms with Crippen LogP contribution in [0.25, 0.3) is 22.5 Å². The predicted octanol–water partition coefficient (Wildman–Crippen LogP) is 5.32. The van der Waals surface area contributed by atoms with Gasteiger partial charge in [-0.15, -0.1) is 0 Å². The van der Waals surface area contributed by atoms with Crippen LogP contribution < -0.4 is 25.0 Å². The van der Waals surface area contributed by atoms with E-state index in [-0.39, 0.29) is 12.5 Å². The number of hydrogen-bond donors (Lipinski definition) is 2. The molecule has 0 bridgehead atoms. The lowest BCUT2D eigenvalue weighted by molar-refractivity contribution is -0.119. The van der Waals surface area contributed by atoms with E-state index in [0.29, 0.717) is 35.4 Å². The molecule has 39 heavy (non-hydrogen) atoms. The van der Waals surface area contributed by atoms with Crippen molar-refractivity contribution < 1.29 is 14.3 Å². The largest absolute Gasteiger partial charge is 0.493 e. The topological polar surface area (TPSA) is 88.6 Å². The number of aromatic nitrogens is 2. The van der Waals surface area contributed by atoms with Crippen molar-refractivity contribution in [2.24, 2.45) is 0 Å². The first-order valence-corrected chi connectivity index (χ1v) is 12.9. The molecule has 0 fully saturated rings. The van der Waals surface area contributed by atoms with E-state index in [2.05, 4.69) is 20.6 Å². The highest BCUT2D eigenvalue weighted by molar-refractivity contribution is 6.30. The normalized spacial score (nSPS) is 10.6. The summed E-state index contributed by atoms with van der Waals surface area (Å²) in [5, 5.41) is 6.67. The van der Waals surface area contributed by atoms with Crippen LogP contribution in [-0.4, -0.2) is 57.3 Å². The molecule has 3 aromatic carbocycles. The van der Waals surface area contributed by atoms with Gasteiger partial charge in [0.25, 0.3) is 0 Å². The van der Waals surface area contributed by atoms with Gasteiger partial charge in [0, 0.05) is 42.5 Å². The Balaban J connectivity index is 1.45. The molecule has 0 aliphatic heterocycles. The van der Waals surface area contributed by atoms with Gasteiger partial charge in [-0.25, -0.2) is 9.97 Å². The Labute approximate surface area is 234 Å². The van der Waals surface area contributed by atoms with Gasteiger partial charge >= 0.3 is 0 Å². The Morgan fingerprint density at radius 2 is 1.46 bits per heavy atom. The molecule has 4 aromatic rings. The van der Waals surface area contributed by atoms with Crippen LogP contribution in [0.4, 0.5) is 11.6 Å². The molecule has 0 saturated carbocycles. The molecule has 0 aliphatic carbocycles. The van der Waals surface area contributed by atoms with Crippen LogP contribution in [0.3, 0.4) is 0 Å². The number of nitrogens with zero attached hydrogens (tertiary/aromatic N) is 3. The summed E-state index contributed by atoms with van der Waals surface area (Å²) in [4.78, 5) is 24.0. The number of nitrogens with one attached hydrogen (secondary N) is 2. The number of ether oxygens (including phenoxy) is 2. The number of hydrogen-bond acceptors (Lipinski definition) is 7. The number of anilines is 2. The summed E-state index contributed by atoms with van der Waals surface area (Å²) in [7, 11) is 7.20. The minimum atomic E-state index is -0.159. The van der Waals surface area contributed by atoms with Gasteiger partial charge in [0.2, 0.25) is 11.9 Å². The van der Waals surface area contributed by atoms with Crippen molar-refractivity contribution >= 4 is 29.1 Å². The molecule has 1 heterocycles. The Morgan fingerprint density at radius 1 is 0.846 bits per heavy atom. The van der Waals surface area contributed by atoms with E-state index in [4.69, 9.17) is 21.1 Å². The third-order valence-electron chi connectivity index (χ3n) is 6.14. The molecule has 0 saturated heterocycles. The zero-order chi connectivity index (χ0) is 27.8. The summed E-state index contributed by atoms with van der Waals surface area (Å²) in [6.45, 7) is 0.514. The lowest BCUT2D eigenvalue weighted by Crippen LogP contribution is -2.31. The zero-order valence-corrected chi connectivity index (χ0v) is 23.2. The Bertz CT molecular complexity index is 1410. The summed E-state index contributed by atoms with van der Waals surface area (Å²) < 4.78 is 10.6. The summed E-state index contributed by atoms with van der Waals surface area (Å²) in [6.07, 6.45) is 0.655. The van der Waals surface area contributed by atoms with Gasteiger partial charge in [0.05, 0.1) is 32.2 Å². The second-order valence-electron chi connectivity index (χ2n) is 9.05. The monoisotopic (exact) mass is 545 g/mol. The molecule has 0 spiro atoms. The molecule has 9 heteroatoms. The van der Waals surface area contributed by atoms with Crippen LogP contribution in [0.5, 0.6) is 11.5 Å². The minimum Gasteiger partial charge on any atom is -0.493 e. The first-order chi connectivity index (χ1) is 18.9. The van der Waals surface area contributed by atoms with Crippen molar-refractivity contribution in [3.8, 4) is 34.0 Å². The molecule has 0 atom stereocenters. The van der Waals surface area contributed by atoms with Crippen LogP contribution in [0.1, 0.15) is 5.56 Å². The van der Waals surface area contributed by atoms with Crippen molar-refractivity contribution in [2.75, 3.05) is 51.6 Å². The Hall–Kier alpha value is -4.30. The third kappa shape index (κ3) is 7.39. The SMILES string of the molecule is COc1ccc(CCNC(=O)CNc2nc(-c3ccc(Cl)cc3)cc(-c3ccc(N(C)C)cc3)n2)cc1OC. The lowest BCUT2D eigenvalue weighted by Gasteiger charge is -2.14. The standard InChI is InChI=1S/C30H32ClN5O3/c1-36(2)24-12-8-22(9-13-24)26-18-25(21-6-10-23(31)11-7-21)34-30(35-26)33-19-29(37)32-16-15-20-5-14-27(38-3)28(17-20)39-4/h5-14,17-18H,15-16,19H2,1-4H3,(H,32,37)(H,33,34,35). The first kappa shape index (κ1) is 27.7. The first-order valence-electron chi connectivity index (χ1n) is 12.5. The van der Waals surface area contributed by atoms with Crippen molar-refractivity contribution in [3.05, 3.63) is 83.4 Å². The summed E-state index contributed by atoms with van der Waals surface area (Å²) in [6, 6.07) is 23.2. The van der Waals surface area contributed by atoms with Crippen molar-refractivity contribution in [1.82, 2.24) is 15.3 Å². The molecule has 0 aliphatic rings. The smallest absolute Gasteiger partial charge is 0.239 e. The second-order valence-corrected chi connectivity index (χ2v) is 9.49. The molecule has 8 nitrogen and oxygen atoms in total. The van der Waals surface area contributed by atoms with E-state index in [9.17, 15) is 4.79 Å². The quantitative estimate of drug-likeness (QED) is 0.264. The number of carbonyl (C=O) groups is 1. The van der Waals surface area contributed by atoms with Gasteiger partial charge in [-0.2, -0.15) is 0 Å². The summed E-state index contributed by atoms with van der Waals surface area (Å²) >= 11 is 6.09. The molecule has 0 radical (unpaired) electrons. The fraction of sp³-hybridized carbons (Fsp3) is 0.233. The molecule has 1 amide bonds. The van der Waals surface area contributed by atoms with Crippen molar-refractivity contribution in [3.63, 3.8) is 0 Å². The van der Waals surface area contributed by atoms with Crippen molar-refractivity contribution in [2.45, 2.75) is 6.42 Å². The molecule has 0 unspecified atom stereocenters. The molecule has 2 N–H and O–H groups in total. The minimum absolute atomic E-state index is 0.0367. The van der Waals surface area contributed by atoms with Gasteiger partial charge in [-0.1, -0.05) is 41.9 Å². The fourth-order valence-corrected chi connectivity index (χ4v) is 4.10. The molecular weight excluding hydrogens is 514 g/mol. The van der Waals surface area contributed by atoms with Crippen LogP contribution in [0, 0.1) is 0 Å². The van der Waals surface area contributed by atoms with Gasteiger partial charge in [0.1, 0.15) is 0 Å². The Morgan fingerprint density at radius 3 is 2.05 bits per heavy atom. The average molecular weight is 546 g/mol. The molecule has 202 valence electrons. The van der Waals surface area contributed by atoms with Crippen LogP contribution in [0.2, 0.25) is 5.02 Å². The van der Waals surface area contributed by atoms with Gasteiger partial charge in [0.15, 0.2) is 11.5 Å². The van der Waals surface area contributed by atoms with Gasteiger partial charge in [-0.3, -0.25) is 4.79 Å². The zero-order valence-electron chi connectivity index (χ0n) is 22.5. The van der Waals surface area contributed by atoms with E-state index in [1.54, 1.807) is 14.2 Å². The van der Waals surface area contributed by atoms with Crippen LogP contribution >= 0.6 is 11.6 Å². The maximum absolute atomic E-state index is 12.6. The van der Waals surface area contributed by atoms with Crippen LogP contribution in [-0.2, 0) is 11.2 Å². The highest BCUT2D eigenvalue weighted by Crippen LogP contribution is 2.28. The molecule has 1 aromatic heterocycles. The van der Waals surface area contributed by atoms with Crippen molar-refractivity contribution in [1.29, 1.82) is 0 Å². The average Bonchev–Trinajstić information content (AvgIpc) is 2.96. The number of rotatable bonds is 11. The highest BCUT2D eigenvalue weighted by atomic mass is 35.5. The van der Waals surface area contributed by atoms with E-state index in [0.717, 1.165) is 33.8 Å². The number of halogens is 1. The second kappa shape index (κ2) is 13.0. The summed E-state index contributed by atoms with van der Waals surface area (Å²) in [5.74, 6) is 1.54. The van der Waals surface area contributed by atoms with E-state index >= 15 is 0 Å². The van der Waals surface area contributed by atoms with Gasteiger partial charge < -0.3 is 25.0 Å². The predicted molar refractivity (Wildman–Crippen MR) is 157 cm³/mol. The lowest BCUT2D eigenvalue weighted by atomic mass is 10.1. The highest BCUT2D eigenvalue weighted by Gasteiger charge is 2.11. The number of methoxy groups -OCH3 is 2. The molecular formula is C30H32ClN5O3. The number of amides is 1. The maximum atomic E-state index is 12.6. The fourth-order valence-electron chi connectivity index (χ4n) is 3.98.